The van der Waals surface area contributed by atoms with E-state index in [1.807, 2.05) is 25.1 Å². The molecule has 6 heteroatoms. The molecule has 0 aliphatic carbocycles. The Bertz CT molecular complexity index is 686. The molecule has 0 saturated carbocycles. The van der Waals surface area contributed by atoms with Gasteiger partial charge in [0.2, 0.25) is 0 Å². The van der Waals surface area contributed by atoms with Gasteiger partial charge in [-0.3, -0.25) is 9.63 Å². The summed E-state index contributed by atoms with van der Waals surface area (Å²) >= 11 is 5.83. The molecule has 140 valence electrons. The molecule has 4 atom stereocenters. The number of nitrogens with zero attached hydrogens (tertiary/aromatic N) is 1. The number of amides is 1. The SMILES string of the molecule is CN1C2CCC1CC([C@@](C)(C#CC(N)Cl)ONC(=O)c1ccccc1)C2. The van der Waals surface area contributed by atoms with E-state index in [0.29, 0.717) is 17.6 Å². The number of hydrogen-bond donors (Lipinski definition) is 2. The van der Waals surface area contributed by atoms with Crippen LogP contribution in [0.25, 0.3) is 0 Å². The lowest BCUT2D eigenvalue weighted by molar-refractivity contribution is -0.0960. The van der Waals surface area contributed by atoms with Gasteiger partial charge in [0.1, 0.15) is 5.50 Å². The van der Waals surface area contributed by atoms with Crippen LogP contribution >= 0.6 is 11.6 Å². The van der Waals surface area contributed by atoms with Crippen molar-refractivity contribution in [2.75, 3.05) is 7.05 Å². The number of hydroxylamine groups is 1. The van der Waals surface area contributed by atoms with E-state index in [4.69, 9.17) is 22.2 Å². The number of halogens is 1. The van der Waals surface area contributed by atoms with Crippen molar-refractivity contribution in [3.8, 4) is 11.8 Å². The molecule has 3 unspecified atom stereocenters. The Morgan fingerprint density at radius 3 is 2.54 bits per heavy atom. The van der Waals surface area contributed by atoms with E-state index in [1.54, 1.807) is 12.1 Å². The molecule has 5 nitrogen and oxygen atoms in total. The van der Waals surface area contributed by atoms with Crippen LogP contribution in [0.3, 0.4) is 0 Å². The molecular weight excluding hydrogens is 350 g/mol. The fourth-order valence-electron chi connectivity index (χ4n) is 4.09. The molecule has 1 amide bonds. The molecule has 0 spiro atoms. The Morgan fingerprint density at radius 2 is 1.96 bits per heavy atom. The van der Waals surface area contributed by atoms with Gasteiger partial charge in [-0.05, 0) is 51.8 Å². The maximum Gasteiger partial charge on any atom is 0.274 e. The van der Waals surface area contributed by atoms with Gasteiger partial charge in [-0.2, -0.15) is 0 Å². The van der Waals surface area contributed by atoms with Crippen molar-refractivity contribution in [2.24, 2.45) is 11.7 Å². The largest absolute Gasteiger partial charge is 0.305 e. The summed E-state index contributed by atoms with van der Waals surface area (Å²) in [6, 6.07) is 10.1. The lowest BCUT2D eigenvalue weighted by atomic mass is 9.79. The molecule has 2 bridgehead atoms. The van der Waals surface area contributed by atoms with Crippen molar-refractivity contribution >= 4 is 17.5 Å². The van der Waals surface area contributed by atoms with Crippen molar-refractivity contribution in [1.82, 2.24) is 10.4 Å². The summed E-state index contributed by atoms with van der Waals surface area (Å²) < 4.78 is 0. The van der Waals surface area contributed by atoms with Gasteiger partial charge in [-0.15, -0.1) is 0 Å². The lowest BCUT2D eigenvalue weighted by Gasteiger charge is -2.42. The van der Waals surface area contributed by atoms with E-state index in [-0.39, 0.29) is 11.8 Å². The number of fused-ring (bicyclic) bond motifs is 2. The molecule has 0 aromatic heterocycles. The standard InChI is InChI=1S/C20H26ClN3O2/c1-20(11-10-18(21)22,15-12-16-8-9-17(13-15)24(16)2)26-23-19(25)14-6-4-3-5-7-14/h3-7,15-18H,8-9,12-13,22H2,1-2H3,(H,23,25)/t15?,16?,17?,18?,20-/m1/s1. The molecule has 2 fully saturated rings. The van der Waals surface area contributed by atoms with Crippen LogP contribution in [0.5, 0.6) is 0 Å². The van der Waals surface area contributed by atoms with Crippen molar-refractivity contribution in [1.29, 1.82) is 0 Å². The van der Waals surface area contributed by atoms with E-state index in [1.165, 1.54) is 12.8 Å². The number of piperidine rings is 1. The maximum atomic E-state index is 12.4. The Kier molecular flexibility index (Phi) is 5.89. The second kappa shape index (κ2) is 7.98. The number of nitrogens with two attached hydrogens (primary N) is 1. The molecular formula is C20H26ClN3O2. The summed E-state index contributed by atoms with van der Waals surface area (Å²) in [6.45, 7) is 1.92. The zero-order chi connectivity index (χ0) is 18.7. The van der Waals surface area contributed by atoms with E-state index in [2.05, 4.69) is 29.3 Å². The quantitative estimate of drug-likeness (QED) is 0.367. The lowest BCUT2D eigenvalue weighted by Crippen LogP contribution is -2.50. The van der Waals surface area contributed by atoms with Crippen LogP contribution in [0, 0.1) is 17.8 Å². The predicted molar refractivity (Wildman–Crippen MR) is 102 cm³/mol. The van der Waals surface area contributed by atoms with Crippen molar-refractivity contribution in [2.45, 2.75) is 55.8 Å². The molecule has 1 aromatic carbocycles. The average Bonchev–Trinajstić information content (AvgIpc) is 2.85. The third-order valence-corrected chi connectivity index (χ3v) is 5.84. The Labute approximate surface area is 160 Å². The van der Waals surface area contributed by atoms with Crippen molar-refractivity contribution < 1.29 is 9.63 Å². The highest BCUT2D eigenvalue weighted by Crippen LogP contribution is 2.42. The average molecular weight is 376 g/mol. The minimum absolute atomic E-state index is 0.204. The molecule has 2 aliphatic heterocycles. The number of hydrogen-bond acceptors (Lipinski definition) is 4. The zero-order valence-electron chi connectivity index (χ0n) is 15.2. The van der Waals surface area contributed by atoms with Gasteiger partial charge in [-0.25, -0.2) is 5.48 Å². The van der Waals surface area contributed by atoms with Crippen molar-refractivity contribution in [3.63, 3.8) is 0 Å². The zero-order valence-corrected chi connectivity index (χ0v) is 16.0. The summed E-state index contributed by atoms with van der Waals surface area (Å²) in [5.41, 5.74) is 7.14. The molecule has 1 aromatic rings. The molecule has 26 heavy (non-hydrogen) atoms. The fraction of sp³-hybridized carbons (Fsp3) is 0.550. The summed E-state index contributed by atoms with van der Waals surface area (Å²) in [7, 11) is 2.19. The van der Waals surface area contributed by atoms with E-state index < -0.39 is 11.1 Å². The second-order valence-corrected chi connectivity index (χ2v) is 7.87. The highest BCUT2D eigenvalue weighted by atomic mass is 35.5. The maximum absolute atomic E-state index is 12.4. The first-order valence-electron chi connectivity index (χ1n) is 9.07. The van der Waals surface area contributed by atoms with Gasteiger partial charge >= 0.3 is 0 Å². The number of rotatable bonds is 4. The molecule has 2 aliphatic rings. The highest BCUT2D eigenvalue weighted by molar-refractivity contribution is 6.22. The summed E-state index contributed by atoms with van der Waals surface area (Å²) in [4.78, 5) is 20.7. The van der Waals surface area contributed by atoms with Crippen molar-refractivity contribution in [3.05, 3.63) is 35.9 Å². The minimum atomic E-state index is -0.834. The third kappa shape index (κ3) is 4.21. The molecule has 0 radical (unpaired) electrons. The van der Waals surface area contributed by atoms with Crippen LogP contribution in [0.4, 0.5) is 0 Å². The van der Waals surface area contributed by atoms with E-state index in [0.717, 1.165) is 12.8 Å². The Balaban J connectivity index is 1.74. The van der Waals surface area contributed by atoms with Gasteiger partial charge in [0, 0.05) is 23.6 Å². The third-order valence-electron chi connectivity index (χ3n) is 5.73. The Hall–Kier alpha value is -1.58. The topological polar surface area (TPSA) is 67.6 Å². The number of alkyl halides is 1. The second-order valence-electron chi connectivity index (χ2n) is 7.40. The Morgan fingerprint density at radius 1 is 1.35 bits per heavy atom. The first kappa shape index (κ1) is 19.2. The fourth-order valence-corrected chi connectivity index (χ4v) is 4.14. The molecule has 2 saturated heterocycles. The van der Waals surface area contributed by atoms with Gasteiger partial charge in [-0.1, -0.05) is 41.6 Å². The van der Waals surface area contributed by atoms with Crippen LogP contribution in [0.1, 0.15) is 43.0 Å². The van der Waals surface area contributed by atoms with Gasteiger partial charge in [0.15, 0.2) is 5.60 Å². The molecule has 3 rings (SSSR count). The van der Waals surface area contributed by atoms with Gasteiger partial charge in [0.25, 0.3) is 5.91 Å². The number of nitrogens with one attached hydrogen (secondary N) is 1. The van der Waals surface area contributed by atoms with Crippen LogP contribution in [0.2, 0.25) is 0 Å². The number of carbonyl (C=O) groups is 1. The summed E-state index contributed by atoms with van der Waals surface area (Å²) in [5, 5.41) is 0. The van der Waals surface area contributed by atoms with E-state index in [9.17, 15) is 4.79 Å². The molecule has 3 N–H and O–H groups in total. The first-order chi connectivity index (χ1) is 12.4. The molecule has 2 heterocycles. The monoisotopic (exact) mass is 375 g/mol. The van der Waals surface area contributed by atoms with E-state index >= 15 is 0 Å². The normalized spacial score (nSPS) is 28.5. The minimum Gasteiger partial charge on any atom is -0.305 e. The number of carbonyl (C=O) groups excluding carboxylic acids is 1. The summed E-state index contributed by atoms with van der Waals surface area (Å²) in [6.07, 6.45) is 4.37. The van der Waals surface area contributed by atoms with Gasteiger partial charge < -0.3 is 10.6 Å². The number of benzene rings is 1. The highest BCUT2D eigenvalue weighted by Gasteiger charge is 2.46. The van der Waals surface area contributed by atoms with Crippen LogP contribution < -0.4 is 11.2 Å². The van der Waals surface area contributed by atoms with Crippen LogP contribution in [0.15, 0.2) is 30.3 Å². The predicted octanol–water partition coefficient (Wildman–Crippen LogP) is 2.51. The van der Waals surface area contributed by atoms with Gasteiger partial charge in [0.05, 0.1) is 0 Å². The van der Waals surface area contributed by atoms with Crippen LogP contribution in [-0.4, -0.2) is 41.0 Å². The summed E-state index contributed by atoms with van der Waals surface area (Å²) in [5.74, 6) is 5.82. The smallest absolute Gasteiger partial charge is 0.274 e. The first-order valence-corrected chi connectivity index (χ1v) is 9.50. The van der Waals surface area contributed by atoms with Crippen LogP contribution in [-0.2, 0) is 4.84 Å².